The molecular weight excluding hydrogens is 440 g/mol. The van der Waals surface area contributed by atoms with E-state index in [0.29, 0.717) is 0 Å². The first-order valence-corrected chi connectivity index (χ1v) is 12.1. The second-order valence-electron chi connectivity index (χ2n) is 7.51. The van der Waals surface area contributed by atoms with Crippen LogP contribution in [0, 0.1) is 0 Å². The Kier molecular flexibility index (Phi) is 5.58. The highest BCUT2D eigenvalue weighted by molar-refractivity contribution is 9.10. The van der Waals surface area contributed by atoms with Gasteiger partial charge in [0.15, 0.2) is 9.84 Å². The summed E-state index contributed by atoms with van der Waals surface area (Å²) in [7, 11) is -3.16. The largest absolute Gasteiger partial charge is 0.306 e. The summed E-state index contributed by atoms with van der Waals surface area (Å²) in [6.45, 7) is 0.993. The summed E-state index contributed by atoms with van der Waals surface area (Å²) in [5.41, 5.74) is 2.03. The number of benzene rings is 2. The summed E-state index contributed by atoms with van der Waals surface area (Å²) in [4.78, 5) is 16.7. The van der Waals surface area contributed by atoms with Gasteiger partial charge in [-0.2, -0.15) is 0 Å². The van der Waals surface area contributed by atoms with Gasteiger partial charge in [0.25, 0.3) is 0 Å². The molecule has 0 aromatic heterocycles. The summed E-state index contributed by atoms with van der Waals surface area (Å²) in [5.74, 6) is 0.137. The lowest BCUT2D eigenvalue weighted by molar-refractivity contribution is -0.123. The van der Waals surface area contributed by atoms with Crippen LogP contribution in [-0.2, 0) is 21.1 Å². The van der Waals surface area contributed by atoms with Gasteiger partial charge in [0.05, 0.1) is 24.1 Å². The van der Waals surface area contributed by atoms with Gasteiger partial charge in [0.2, 0.25) is 5.91 Å². The molecule has 5 nitrogen and oxygen atoms in total. The molecule has 1 amide bonds. The third-order valence-electron chi connectivity index (χ3n) is 5.56. The minimum absolute atomic E-state index is 0.0274. The van der Waals surface area contributed by atoms with E-state index < -0.39 is 9.84 Å². The fraction of sp³-hybridized carbons (Fsp3) is 0.381. The Morgan fingerprint density at radius 2 is 1.64 bits per heavy atom. The molecular formula is C21H23BrN2O3S. The van der Waals surface area contributed by atoms with Crippen molar-refractivity contribution in [3.05, 3.63) is 64.6 Å². The van der Waals surface area contributed by atoms with E-state index in [9.17, 15) is 13.2 Å². The molecule has 0 spiro atoms. The van der Waals surface area contributed by atoms with E-state index in [1.54, 1.807) is 4.90 Å². The zero-order chi connectivity index (χ0) is 19.7. The lowest BCUT2D eigenvalue weighted by Crippen LogP contribution is -2.62. The summed E-state index contributed by atoms with van der Waals surface area (Å²) in [6.07, 6.45) is 1.82. The normalized spacial score (nSPS) is 24.3. The fourth-order valence-corrected chi connectivity index (χ4v) is 6.52. The Labute approximate surface area is 174 Å². The predicted octanol–water partition coefficient (Wildman–Crippen LogP) is 2.90. The maximum absolute atomic E-state index is 13.0. The second-order valence-corrected chi connectivity index (χ2v) is 10.6. The van der Waals surface area contributed by atoms with E-state index in [4.69, 9.17) is 0 Å². The first-order chi connectivity index (χ1) is 13.4. The average molecular weight is 463 g/mol. The summed E-state index contributed by atoms with van der Waals surface area (Å²) in [6, 6.07) is 17.3. The Morgan fingerprint density at radius 1 is 0.964 bits per heavy atom. The van der Waals surface area contributed by atoms with Crippen LogP contribution in [0.15, 0.2) is 59.1 Å². The molecule has 0 saturated carbocycles. The van der Waals surface area contributed by atoms with E-state index in [-0.39, 0.29) is 36.0 Å². The third kappa shape index (κ3) is 4.16. The van der Waals surface area contributed by atoms with Crippen molar-refractivity contribution in [1.29, 1.82) is 0 Å². The molecule has 28 heavy (non-hydrogen) atoms. The standard InChI is InChI=1S/C21H23BrN2O3S/c22-17-8-10-18(11-9-17)24-20-15-28(26,27)14-19(20)23(13-21(24)25)12-4-7-16-5-2-1-3-6-16/h1-3,5-6,8-11,19-20H,4,7,12-15H2/t19-,20-/m0/s1. The lowest BCUT2D eigenvalue weighted by Gasteiger charge is -2.43. The van der Waals surface area contributed by atoms with E-state index >= 15 is 0 Å². The van der Waals surface area contributed by atoms with Gasteiger partial charge in [-0.05, 0) is 49.2 Å². The number of carbonyl (C=O) groups excluding carboxylic acids is 1. The van der Waals surface area contributed by atoms with Gasteiger partial charge in [0, 0.05) is 16.2 Å². The van der Waals surface area contributed by atoms with Crippen LogP contribution in [-0.4, -0.2) is 55.9 Å². The Balaban J connectivity index is 1.52. The van der Waals surface area contributed by atoms with Crippen LogP contribution in [0.2, 0.25) is 0 Å². The number of hydrogen-bond acceptors (Lipinski definition) is 4. The SMILES string of the molecule is O=C1CN(CCCc2ccccc2)[C@H]2CS(=O)(=O)C[C@@H]2N1c1ccc(Br)cc1. The number of aryl methyl sites for hydroxylation is 1. The highest BCUT2D eigenvalue weighted by Crippen LogP contribution is 2.32. The van der Waals surface area contributed by atoms with Gasteiger partial charge in [-0.15, -0.1) is 0 Å². The number of fused-ring (bicyclic) bond motifs is 1. The van der Waals surface area contributed by atoms with E-state index in [2.05, 4.69) is 33.0 Å². The maximum Gasteiger partial charge on any atom is 0.241 e. The molecule has 2 heterocycles. The van der Waals surface area contributed by atoms with Crippen molar-refractivity contribution in [3.63, 3.8) is 0 Å². The number of anilines is 1. The van der Waals surface area contributed by atoms with Crippen molar-refractivity contribution in [2.75, 3.05) is 29.5 Å². The van der Waals surface area contributed by atoms with Gasteiger partial charge in [-0.1, -0.05) is 46.3 Å². The predicted molar refractivity (Wildman–Crippen MR) is 114 cm³/mol. The van der Waals surface area contributed by atoms with Crippen LogP contribution in [0.3, 0.4) is 0 Å². The van der Waals surface area contributed by atoms with Crippen molar-refractivity contribution in [2.45, 2.75) is 24.9 Å². The zero-order valence-corrected chi connectivity index (χ0v) is 17.9. The molecule has 2 atom stereocenters. The third-order valence-corrected chi connectivity index (χ3v) is 7.79. The molecule has 2 aromatic rings. The van der Waals surface area contributed by atoms with Gasteiger partial charge in [-0.25, -0.2) is 8.42 Å². The Morgan fingerprint density at radius 3 is 2.36 bits per heavy atom. The molecule has 4 rings (SSSR count). The highest BCUT2D eigenvalue weighted by atomic mass is 79.9. The van der Waals surface area contributed by atoms with Crippen LogP contribution in [0.25, 0.3) is 0 Å². The molecule has 0 bridgehead atoms. The van der Waals surface area contributed by atoms with Gasteiger partial charge >= 0.3 is 0 Å². The van der Waals surface area contributed by atoms with Gasteiger partial charge in [0.1, 0.15) is 0 Å². The smallest absolute Gasteiger partial charge is 0.241 e. The average Bonchev–Trinajstić information content (AvgIpc) is 2.99. The van der Waals surface area contributed by atoms with Crippen LogP contribution >= 0.6 is 15.9 Å². The Hall–Kier alpha value is -1.70. The quantitative estimate of drug-likeness (QED) is 0.685. The number of halogens is 1. The van der Waals surface area contributed by atoms with Crippen molar-refractivity contribution in [1.82, 2.24) is 4.90 Å². The summed E-state index contributed by atoms with van der Waals surface area (Å²) < 4.78 is 25.7. The van der Waals surface area contributed by atoms with E-state index in [0.717, 1.165) is 29.5 Å². The van der Waals surface area contributed by atoms with Crippen molar-refractivity contribution in [2.24, 2.45) is 0 Å². The number of piperazine rings is 1. The van der Waals surface area contributed by atoms with Crippen molar-refractivity contribution < 1.29 is 13.2 Å². The number of carbonyl (C=O) groups is 1. The summed E-state index contributed by atoms with van der Waals surface area (Å²) >= 11 is 3.41. The maximum atomic E-state index is 13.0. The van der Waals surface area contributed by atoms with Crippen molar-refractivity contribution in [3.8, 4) is 0 Å². The molecule has 7 heteroatoms. The molecule has 0 radical (unpaired) electrons. The minimum atomic E-state index is -3.16. The lowest BCUT2D eigenvalue weighted by atomic mass is 10.0. The second kappa shape index (κ2) is 7.97. The van der Waals surface area contributed by atoms with Gasteiger partial charge < -0.3 is 4.90 Å². The van der Waals surface area contributed by atoms with E-state index in [1.165, 1.54) is 5.56 Å². The molecule has 0 aliphatic carbocycles. The molecule has 2 aromatic carbocycles. The number of hydrogen-bond donors (Lipinski definition) is 0. The minimum Gasteiger partial charge on any atom is -0.306 e. The van der Waals surface area contributed by atoms with Crippen LogP contribution in [0.4, 0.5) is 5.69 Å². The molecule has 148 valence electrons. The van der Waals surface area contributed by atoms with E-state index in [1.807, 2.05) is 42.5 Å². The molecule has 2 saturated heterocycles. The number of rotatable bonds is 5. The molecule has 0 unspecified atom stereocenters. The fourth-order valence-electron chi connectivity index (χ4n) is 4.27. The monoisotopic (exact) mass is 462 g/mol. The van der Waals surface area contributed by atoms with Crippen molar-refractivity contribution >= 4 is 37.4 Å². The van der Waals surface area contributed by atoms with Gasteiger partial charge in [-0.3, -0.25) is 9.69 Å². The first-order valence-electron chi connectivity index (χ1n) is 9.49. The number of sulfone groups is 1. The Bertz CT molecular complexity index is 947. The van der Waals surface area contributed by atoms with Crippen LogP contribution in [0.1, 0.15) is 12.0 Å². The molecule has 0 N–H and O–H groups in total. The number of amides is 1. The van der Waals surface area contributed by atoms with Crippen LogP contribution in [0.5, 0.6) is 0 Å². The number of nitrogens with zero attached hydrogens (tertiary/aromatic N) is 2. The molecule has 2 fully saturated rings. The van der Waals surface area contributed by atoms with Crippen LogP contribution < -0.4 is 4.90 Å². The highest BCUT2D eigenvalue weighted by Gasteiger charge is 2.49. The zero-order valence-electron chi connectivity index (χ0n) is 15.5. The summed E-state index contributed by atoms with van der Waals surface area (Å²) in [5, 5.41) is 0. The first kappa shape index (κ1) is 19.6. The molecule has 2 aliphatic heterocycles. The molecule has 2 aliphatic rings. The topological polar surface area (TPSA) is 57.7 Å².